The van der Waals surface area contributed by atoms with Crippen LogP contribution in [0.4, 0.5) is 0 Å². The van der Waals surface area contributed by atoms with Crippen LogP contribution in [0.1, 0.15) is 102 Å². The Morgan fingerprint density at radius 1 is 1.02 bits per heavy atom. The maximum absolute atomic E-state index is 11.9. The lowest BCUT2D eigenvalue weighted by Gasteiger charge is -2.45. The lowest BCUT2D eigenvalue weighted by atomic mass is 9.76. The Bertz CT molecular complexity index is 1200. The smallest absolute Gasteiger partial charge is 0.306 e. The number of aliphatic carboxylic acids is 1. The summed E-state index contributed by atoms with van der Waals surface area (Å²) in [5.74, 6) is 6.75. The highest BCUT2D eigenvalue weighted by atomic mass is 16.4. The molecule has 0 radical (unpaired) electrons. The van der Waals surface area contributed by atoms with Crippen molar-refractivity contribution in [1.82, 2.24) is 16.0 Å². The van der Waals surface area contributed by atoms with Gasteiger partial charge in [0.25, 0.3) is 0 Å². The van der Waals surface area contributed by atoms with Crippen molar-refractivity contribution in [2.75, 3.05) is 13.2 Å². The molecule has 0 saturated carbocycles. The van der Waals surface area contributed by atoms with Crippen LogP contribution in [0.5, 0.6) is 0 Å². The molecule has 1 aromatic rings. The van der Waals surface area contributed by atoms with Crippen molar-refractivity contribution >= 4 is 5.97 Å². The van der Waals surface area contributed by atoms with Gasteiger partial charge in [0.15, 0.2) is 0 Å². The molecule has 7 N–H and O–H groups in total. The van der Waals surface area contributed by atoms with Gasteiger partial charge in [0.2, 0.25) is 0 Å². The summed E-state index contributed by atoms with van der Waals surface area (Å²) in [5.41, 5.74) is 1.04. The van der Waals surface area contributed by atoms with E-state index in [1.807, 2.05) is 0 Å². The van der Waals surface area contributed by atoms with Gasteiger partial charge in [-0.05, 0) is 114 Å². The Morgan fingerprint density at radius 2 is 1.78 bits per heavy atom. The molecule has 10 atom stereocenters. The van der Waals surface area contributed by atoms with E-state index in [0.29, 0.717) is 24.8 Å². The van der Waals surface area contributed by atoms with Gasteiger partial charge in [-0.25, -0.2) is 0 Å². The zero-order valence-electron chi connectivity index (χ0n) is 27.4. The molecule has 2 fully saturated rings. The number of hydrogen-bond acceptors (Lipinski definition) is 7. The quantitative estimate of drug-likeness (QED) is 0.239. The Hall–Kier alpha value is -1.99. The summed E-state index contributed by atoms with van der Waals surface area (Å²) in [5, 5.41) is 53.2. The van der Waals surface area contributed by atoms with Crippen LogP contribution in [0.2, 0.25) is 0 Å². The van der Waals surface area contributed by atoms with E-state index >= 15 is 0 Å². The standard InChI is InChI=1S/C37H57N3O5/c1-25-34(42)12-11-31(39-25)10-9-29-16-26-5-3-6-28(15-26)19-33-21-36(2)20-32(40-33)8-4-7-27(17-29)18-30(23-41)13-14-37(45,24-38-36)22-35(43)44/h3,5-6,15,25,27,29-34,38-42,45H,8-14,16-24H2,1-2H3,(H,43,44)/t25-,27-,29+,30+,31+,32+,33-,34+,36+,37+/m0/s1. The van der Waals surface area contributed by atoms with Gasteiger partial charge in [-0.1, -0.05) is 30.2 Å². The predicted octanol–water partition coefficient (Wildman–Crippen LogP) is 3.55. The Labute approximate surface area is 270 Å². The van der Waals surface area contributed by atoms with E-state index in [1.165, 1.54) is 11.1 Å². The number of rotatable bonds is 6. The monoisotopic (exact) mass is 623 g/mol. The summed E-state index contributed by atoms with van der Waals surface area (Å²) in [6, 6.07) is 10.0. The average Bonchev–Trinajstić information content (AvgIpc) is 2.97. The van der Waals surface area contributed by atoms with E-state index in [2.05, 4.69) is 65.9 Å². The molecule has 1 aromatic carbocycles. The van der Waals surface area contributed by atoms with Crippen molar-refractivity contribution in [1.29, 1.82) is 0 Å². The fraction of sp³-hybridized carbons (Fsp3) is 0.757. The molecular weight excluding hydrogens is 566 g/mol. The van der Waals surface area contributed by atoms with Crippen LogP contribution in [0.15, 0.2) is 24.3 Å². The van der Waals surface area contributed by atoms with E-state index < -0.39 is 11.6 Å². The van der Waals surface area contributed by atoms with Crippen LogP contribution in [-0.2, 0) is 17.6 Å². The minimum Gasteiger partial charge on any atom is -0.481 e. The lowest BCUT2D eigenvalue weighted by Crippen LogP contribution is -2.61. The van der Waals surface area contributed by atoms with Gasteiger partial charge < -0.3 is 36.4 Å². The van der Waals surface area contributed by atoms with Gasteiger partial charge in [0, 0.05) is 55.2 Å². The van der Waals surface area contributed by atoms with Crippen molar-refractivity contribution in [2.45, 2.75) is 145 Å². The third kappa shape index (κ3) is 10.00. The number of piperidine rings is 2. The molecule has 4 heterocycles. The molecule has 2 saturated heterocycles. The first kappa shape index (κ1) is 34.3. The normalized spacial score (nSPS) is 39.5. The van der Waals surface area contributed by atoms with Gasteiger partial charge in [-0.2, -0.15) is 0 Å². The van der Waals surface area contributed by atoms with Gasteiger partial charge in [0.05, 0.1) is 18.1 Å². The number of β-amino-alcohol motifs (C(OH)–C–C–N with tert-alkyl or cyclic N) is 1. The highest BCUT2D eigenvalue weighted by molar-refractivity contribution is 5.68. The predicted molar refractivity (Wildman–Crippen MR) is 177 cm³/mol. The molecule has 5 rings (SSSR count). The van der Waals surface area contributed by atoms with E-state index in [0.717, 1.165) is 70.6 Å². The highest BCUT2D eigenvalue weighted by Gasteiger charge is 2.40. The van der Waals surface area contributed by atoms with Gasteiger partial charge in [-0.15, -0.1) is 5.92 Å². The first-order valence-electron chi connectivity index (χ1n) is 17.6. The summed E-state index contributed by atoms with van der Waals surface area (Å²) >= 11 is 0. The Kier molecular flexibility index (Phi) is 11.7. The number of aliphatic hydroxyl groups is 3. The second kappa shape index (κ2) is 15.3. The topological polar surface area (TPSA) is 134 Å². The second-order valence-electron chi connectivity index (χ2n) is 15.4. The minimum absolute atomic E-state index is 0.00272. The summed E-state index contributed by atoms with van der Waals surface area (Å²) in [7, 11) is 0. The summed E-state index contributed by atoms with van der Waals surface area (Å²) in [6.07, 6.45) is 10.3. The molecule has 4 aliphatic rings. The molecule has 0 spiro atoms. The molecule has 8 heteroatoms. The molecule has 250 valence electrons. The van der Waals surface area contributed by atoms with Gasteiger partial charge in [0.1, 0.15) is 0 Å². The van der Waals surface area contributed by atoms with Crippen LogP contribution in [0.3, 0.4) is 0 Å². The average molecular weight is 624 g/mol. The highest BCUT2D eigenvalue weighted by Crippen LogP contribution is 2.34. The van der Waals surface area contributed by atoms with Crippen molar-refractivity contribution in [3.63, 3.8) is 0 Å². The lowest BCUT2D eigenvalue weighted by molar-refractivity contribution is -0.143. The molecule has 0 unspecified atom stereocenters. The zero-order chi connectivity index (χ0) is 32.0. The summed E-state index contributed by atoms with van der Waals surface area (Å²) in [6.45, 7) is 4.49. The maximum atomic E-state index is 11.9. The van der Waals surface area contributed by atoms with Gasteiger partial charge >= 0.3 is 5.97 Å². The number of carbonyl (C=O) groups is 1. The molecule has 0 aromatic heterocycles. The number of aliphatic hydroxyl groups excluding tert-OH is 2. The fourth-order valence-corrected chi connectivity index (χ4v) is 8.69. The van der Waals surface area contributed by atoms with E-state index in [-0.39, 0.29) is 61.2 Å². The first-order chi connectivity index (χ1) is 21.5. The van der Waals surface area contributed by atoms with Crippen LogP contribution in [0, 0.1) is 29.6 Å². The zero-order valence-corrected chi connectivity index (χ0v) is 27.4. The number of fused-ring (bicyclic) bond motifs is 6. The van der Waals surface area contributed by atoms with Crippen molar-refractivity contribution < 1.29 is 25.2 Å². The number of nitrogens with one attached hydrogen (secondary N) is 3. The number of carboxylic acids is 1. The number of benzene rings is 1. The summed E-state index contributed by atoms with van der Waals surface area (Å²) < 4.78 is 0. The molecule has 4 aliphatic heterocycles. The van der Waals surface area contributed by atoms with Crippen molar-refractivity contribution in [3.8, 4) is 11.8 Å². The van der Waals surface area contributed by atoms with Crippen molar-refractivity contribution in [3.05, 3.63) is 35.4 Å². The minimum atomic E-state index is -1.39. The Balaban J connectivity index is 1.46. The van der Waals surface area contributed by atoms with Crippen LogP contribution in [-0.4, -0.2) is 81.0 Å². The number of hydrogen-bond donors (Lipinski definition) is 7. The molecule has 0 amide bonds. The third-order valence-electron chi connectivity index (χ3n) is 11.2. The number of carboxylic acid groups (broad SMARTS) is 1. The second-order valence-corrected chi connectivity index (χ2v) is 15.4. The fourth-order valence-electron chi connectivity index (χ4n) is 8.69. The maximum Gasteiger partial charge on any atom is 0.306 e. The first-order valence-corrected chi connectivity index (χ1v) is 17.6. The molecule has 6 bridgehead atoms. The third-order valence-corrected chi connectivity index (χ3v) is 11.2. The largest absolute Gasteiger partial charge is 0.481 e. The van der Waals surface area contributed by atoms with E-state index in [1.54, 1.807) is 0 Å². The van der Waals surface area contributed by atoms with Gasteiger partial charge in [-0.3, -0.25) is 4.79 Å². The SMILES string of the molecule is C[C@@H]1N[C@H](CC[C@@H]2Cc3cccc(c3)C[C@H]3C[C@@]4(C)C[C@@H](CC#C[C@H](C[C@H](CO)CC[C@@](O)(CC(=O)O)CN4)C2)N3)CC[C@H]1O. The molecule has 45 heavy (non-hydrogen) atoms. The van der Waals surface area contributed by atoms with E-state index in [9.17, 15) is 25.2 Å². The van der Waals surface area contributed by atoms with Crippen LogP contribution in [0.25, 0.3) is 0 Å². The van der Waals surface area contributed by atoms with Crippen molar-refractivity contribution in [2.24, 2.45) is 17.8 Å². The van der Waals surface area contributed by atoms with Crippen LogP contribution >= 0.6 is 0 Å². The summed E-state index contributed by atoms with van der Waals surface area (Å²) in [4.78, 5) is 11.9. The molecular formula is C37H57N3O5. The van der Waals surface area contributed by atoms with Crippen LogP contribution < -0.4 is 16.0 Å². The van der Waals surface area contributed by atoms with E-state index in [4.69, 9.17) is 0 Å². The molecule has 0 aliphatic carbocycles. The Morgan fingerprint density at radius 3 is 2.53 bits per heavy atom. The molecule has 8 nitrogen and oxygen atoms in total.